The maximum Gasteiger partial charge on any atom is 0.246 e. The van der Waals surface area contributed by atoms with Crippen molar-refractivity contribution >= 4 is 29.5 Å². The molecule has 0 aromatic heterocycles. The first-order valence-electron chi connectivity index (χ1n) is 25.4. The van der Waals surface area contributed by atoms with Gasteiger partial charge in [0.05, 0.1) is 6.04 Å². The third-order valence-electron chi connectivity index (χ3n) is 13.4. The number of likely N-dealkylation sites (N-methyl/N-ethyl adjacent to an activating group) is 1. The van der Waals surface area contributed by atoms with Gasteiger partial charge in [-0.05, 0) is 71.4 Å². The molecule has 11 heteroatoms. The summed E-state index contributed by atoms with van der Waals surface area (Å²) >= 11 is 0. The molecule has 0 aromatic rings. The fourth-order valence-corrected chi connectivity index (χ4v) is 9.59. The van der Waals surface area contributed by atoms with E-state index in [2.05, 4.69) is 34.7 Å². The molecular formula is C49H90N6O5. The quantitative estimate of drug-likeness (QED) is 0.0555. The van der Waals surface area contributed by atoms with Crippen molar-refractivity contribution in [3.63, 3.8) is 0 Å². The van der Waals surface area contributed by atoms with Crippen molar-refractivity contribution in [3.05, 3.63) is 0 Å². The average molecular weight is 843 g/mol. The molecule has 0 aromatic carbocycles. The highest BCUT2D eigenvalue weighted by atomic mass is 16.2. The van der Waals surface area contributed by atoms with Gasteiger partial charge in [0, 0.05) is 32.6 Å². The van der Waals surface area contributed by atoms with Gasteiger partial charge in [-0.15, -0.1) is 0 Å². The molecule has 0 aliphatic carbocycles. The molecule has 3 saturated heterocycles. The fraction of sp³-hybridized carbons (Fsp3) is 0.898. The van der Waals surface area contributed by atoms with Crippen LogP contribution in [0.5, 0.6) is 0 Å². The summed E-state index contributed by atoms with van der Waals surface area (Å²) in [7, 11) is 1.97. The van der Waals surface area contributed by atoms with Gasteiger partial charge in [-0.25, -0.2) is 0 Å². The Bertz CT molecular complexity index is 1220. The smallest absolute Gasteiger partial charge is 0.246 e. The second kappa shape index (κ2) is 32.1. The van der Waals surface area contributed by atoms with Crippen LogP contribution in [0, 0.1) is 0 Å². The Labute approximate surface area is 366 Å². The number of hydrogen-bond donors (Lipinski definition) is 3. The zero-order chi connectivity index (χ0) is 43.2. The van der Waals surface area contributed by atoms with Crippen LogP contribution in [-0.2, 0) is 24.0 Å². The van der Waals surface area contributed by atoms with Gasteiger partial charge >= 0.3 is 0 Å². The summed E-state index contributed by atoms with van der Waals surface area (Å²) < 4.78 is 0. The predicted molar refractivity (Wildman–Crippen MR) is 244 cm³/mol. The summed E-state index contributed by atoms with van der Waals surface area (Å²) in [5.41, 5.74) is 0. The van der Waals surface area contributed by atoms with Crippen LogP contribution in [0.1, 0.15) is 219 Å². The average Bonchev–Trinajstić information content (AvgIpc) is 4.04. The minimum atomic E-state index is -0.868. The van der Waals surface area contributed by atoms with Gasteiger partial charge < -0.3 is 25.8 Å². The molecule has 0 bridgehead atoms. The molecule has 0 radical (unpaired) electrons. The van der Waals surface area contributed by atoms with E-state index in [1.165, 1.54) is 122 Å². The largest absolute Gasteiger partial charge is 0.356 e. The molecular weight excluding hydrogens is 753 g/mol. The van der Waals surface area contributed by atoms with Crippen molar-refractivity contribution in [2.45, 2.75) is 243 Å². The van der Waals surface area contributed by atoms with E-state index in [9.17, 15) is 24.0 Å². The van der Waals surface area contributed by atoms with Gasteiger partial charge in [-0.2, -0.15) is 0 Å². The highest BCUT2D eigenvalue weighted by molar-refractivity contribution is 5.95. The van der Waals surface area contributed by atoms with Crippen LogP contribution in [0.15, 0.2) is 0 Å². The van der Waals surface area contributed by atoms with Gasteiger partial charge in [0.15, 0.2) is 0 Å². The van der Waals surface area contributed by atoms with Gasteiger partial charge in [0.1, 0.15) is 18.1 Å². The van der Waals surface area contributed by atoms with Crippen molar-refractivity contribution in [3.8, 4) is 0 Å². The van der Waals surface area contributed by atoms with Gasteiger partial charge in [-0.1, -0.05) is 155 Å². The van der Waals surface area contributed by atoms with Crippen LogP contribution < -0.4 is 16.0 Å². The van der Waals surface area contributed by atoms with Gasteiger partial charge in [-0.3, -0.25) is 28.9 Å². The highest BCUT2D eigenvalue weighted by Crippen LogP contribution is 2.28. The molecule has 3 aliphatic rings. The molecule has 346 valence electrons. The molecule has 3 fully saturated rings. The molecule has 4 unspecified atom stereocenters. The predicted octanol–water partition coefficient (Wildman–Crippen LogP) is 8.96. The van der Waals surface area contributed by atoms with E-state index in [0.717, 1.165) is 57.9 Å². The van der Waals surface area contributed by atoms with E-state index < -0.39 is 18.1 Å². The topological polar surface area (TPSA) is 131 Å². The van der Waals surface area contributed by atoms with Crippen molar-refractivity contribution < 1.29 is 24.0 Å². The maximum absolute atomic E-state index is 14.0. The summed E-state index contributed by atoms with van der Waals surface area (Å²) in [6.07, 6.45) is 34.7. The zero-order valence-corrected chi connectivity index (χ0v) is 38.9. The monoisotopic (exact) mass is 843 g/mol. The maximum atomic E-state index is 14.0. The van der Waals surface area contributed by atoms with Crippen LogP contribution >= 0.6 is 0 Å². The van der Waals surface area contributed by atoms with E-state index in [1.807, 2.05) is 7.05 Å². The van der Waals surface area contributed by atoms with Crippen LogP contribution in [0.2, 0.25) is 0 Å². The molecule has 0 spiro atoms. The molecule has 3 heterocycles. The molecule has 5 amide bonds. The summed E-state index contributed by atoms with van der Waals surface area (Å²) in [5, 5.41) is 9.06. The van der Waals surface area contributed by atoms with E-state index in [4.69, 9.17) is 0 Å². The van der Waals surface area contributed by atoms with Crippen molar-refractivity contribution in [1.82, 2.24) is 30.7 Å². The molecule has 11 nitrogen and oxygen atoms in total. The Hall–Kier alpha value is -2.69. The van der Waals surface area contributed by atoms with E-state index >= 15 is 0 Å². The number of nitrogens with one attached hydrogen (secondary N) is 3. The molecule has 3 N–H and O–H groups in total. The number of unbranched alkanes of at least 4 members (excludes halogenated alkanes) is 22. The minimum absolute atomic E-state index is 0.0213. The molecule has 4 atom stereocenters. The normalized spacial score (nSPS) is 19.8. The number of amides is 5. The number of nitrogens with zero attached hydrogens (tertiary/aromatic N) is 3. The van der Waals surface area contributed by atoms with Crippen molar-refractivity contribution in [2.75, 3.05) is 39.8 Å². The molecule has 3 rings (SSSR count). The Morgan fingerprint density at radius 1 is 0.500 bits per heavy atom. The number of rotatable bonds is 34. The van der Waals surface area contributed by atoms with Gasteiger partial charge in [0.2, 0.25) is 29.5 Å². The second-order valence-corrected chi connectivity index (χ2v) is 18.5. The summed E-state index contributed by atoms with van der Waals surface area (Å²) in [6.45, 7) is 7.56. The lowest BCUT2D eigenvalue weighted by Crippen LogP contribution is -2.57. The number of likely N-dealkylation sites (tertiary alicyclic amines) is 3. The minimum Gasteiger partial charge on any atom is -0.356 e. The van der Waals surface area contributed by atoms with E-state index in [-0.39, 0.29) is 48.4 Å². The SMILES string of the molecule is CCCCCCCCCCCCCCNC(=O)CCC(NC(=O)C1CCCN1C(=O)C1CCCN1C(=O)C1CCCN1C)C(=O)NCCCCCCCCCCCCCC. The van der Waals surface area contributed by atoms with Crippen LogP contribution in [0.25, 0.3) is 0 Å². The Morgan fingerprint density at radius 2 is 0.900 bits per heavy atom. The third kappa shape index (κ3) is 20.0. The number of hydrogen-bond acceptors (Lipinski definition) is 6. The third-order valence-corrected chi connectivity index (χ3v) is 13.4. The lowest BCUT2D eigenvalue weighted by Gasteiger charge is -2.33. The van der Waals surface area contributed by atoms with E-state index in [1.54, 1.807) is 9.80 Å². The number of carbonyl (C=O) groups is 5. The molecule has 60 heavy (non-hydrogen) atoms. The molecule has 0 saturated carbocycles. The standard InChI is InChI=1S/C49H90N6O5/c1-4-6-8-10-12-14-16-18-20-22-24-26-36-50-45(56)35-34-41(46(57)51-37-27-25-23-21-19-17-15-13-11-9-7-5-2)52-47(58)42-31-29-39-54(42)49(60)44-33-30-40-55(44)48(59)43-32-28-38-53(43)3/h41-44H,4-40H2,1-3H3,(H,50,56)(H,51,57)(H,52,58). The van der Waals surface area contributed by atoms with Crippen molar-refractivity contribution in [2.24, 2.45) is 0 Å². The number of carbonyl (C=O) groups excluding carboxylic acids is 5. The first kappa shape index (κ1) is 51.7. The Morgan fingerprint density at radius 3 is 1.38 bits per heavy atom. The van der Waals surface area contributed by atoms with Crippen LogP contribution in [0.4, 0.5) is 0 Å². The highest BCUT2D eigenvalue weighted by Gasteiger charge is 2.44. The lowest BCUT2D eigenvalue weighted by molar-refractivity contribution is -0.148. The van der Waals surface area contributed by atoms with E-state index in [0.29, 0.717) is 45.4 Å². The first-order valence-corrected chi connectivity index (χ1v) is 25.4. The van der Waals surface area contributed by atoms with Crippen LogP contribution in [-0.4, -0.2) is 108 Å². The summed E-state index contributed by atoms with van der Waals surface area (Å²) in [4.78, 5) is 73.5. The van der Waals surface area contributed by atoms with Crippen molar-refractivity contribution in [1.29, 1.82) is 0 Å². The zero-order valence-electron chi connectivity index (χ0n) is 38.9. The first-order chi connectivity index (χ1) is 29.3. The summed E-state index contributed by atoms with van der Waals surface area (Å²) in [5.74, 6) is -0.876. The molecule has 3 aliphatic heterocycles. The summed E-state index contributed by atoms with van der Waals surface area (Å²) in [6, 6.07) is -2.31. The Balaban J connectivity index is 1.44. The lowest BCUT2D eigenvalue weighted by atomic mass is 10.1. The fourth-order valence-electron chi connectivity index (χ4n) is 9.59. The Kier molecular flexibility index (Phi) is 27.6. The second-order valence-electron chi connectivity index (χ2n) is 18.5. The van der Waals surface area contributed by atoms with Crippen LogP contribution in [0.3, 0.4) is 0 Å². The van der Waals surface area contributed by atoms with Gasteiger partial charge in [0.25, 0.3) is 0 Å².